The zero-order chi connectivity index (χ0) is 27.9. The van der Waals surface area contributed by atoms with Gasteiger partial charge in [-0.3, -0.25) is 0 Å². The van der Waals surface area contributed by atoms with Gasteiger partial charge in [-0.15, -0.1) is 0 Å². The van der Waals surface area contributed by atoms with Gasteiger partial charge < -0.3 is 9.47 Å². The fourth-order valence-electron chi connectivity index (χ4n) is 4.93. The van der Waals surface area contributed by atoms with Crippen LogP contribution in [0.25, 0.3) is 0 Å². The molecule has 0 amide bonds. The van der Waals surface area contributed by atoms with Crippen molar-refractivity contribution < 1.29 is 9.47 Å². The van der Waals surface area contributed by atoms with E-state index in [1.165, 1.54) is 11.1 Å². The highest BCUT2D eigenvalue weighted by atomic mass is 16.5. The van der Waals surface area contributed by atoms with Crippen LogP contribution in [0.15, 0.2) is 133 Å². The number of hydrogen-bond acceptors (Lipinski definition) is 2. The Morgan fingerprint density at radius 2 is 0.700 bits per heavy atom. The van der Waals surface area contributed by atoms with E-state index in [1.807, 2.05) is 12.1 Å². The Bertz CT molecular complexity index is 1360. The molecule has 0 spiro atoms. The minimum Gasteiger partial charge on any atom is -0.481 e. The second kappa shape index (κ2) is 12.7. The highest BCUT2D eigenvalue weighted by molar-refractivity contribution is 5.40. The second-order valence-corrected chi connectivity index (χ2v) is 10.9. The van der Waals surface area contributed by atoms with Gasteiger partial charge in [0.2, 0.25) is 0 Å². The number of benzene rings is 5. The highest BCUT2D eigenvalue weighted by Gasteiger charge is 2.21. The lowest BCUT2D eigenvalue weighted by Gasteiger charge is -2.24. The van der Waals surface area contributed by atoms with Gasteiger partial charge in [-0.05, 0) is 75.5 Å². The molecule has 0 aliphatic carbocycles. The van der Waals surface area contributed by atoms with Crippen LogP contribution < -0.4 is 9.47 Å². The normalized spacial score (nSPS) is 12.8. The fraction of sp³-hybridized carbons (Fsp3) is 0.211. The summed E-state index contributed by atoms with van der Waals surface area (Å²) in [4.78, 5) is 0. The van der Waals surface area contributed by atoms with Crippen molar-refractivity contribution in [2.75, 3.05) is 0 Å². The summed E-state index contributed by atoms with van der Waals surface area (Å²) in [7, 11) is 0. The Kier molecular flexibility index (Phi) is 8.66. The molecule has 0 saturated heterocycles. The predicted octanol–water partition coefficient (Wildman–Crippen LogP) is 10.3. The summed E-state index contributed by atoms with van der Waals surface area (Å²) >= 11 is 0. The van der Waals surface area contributed by atoms with Crippen LogP contribution in [0.1, 0.15) is 85.1 Å². The van der Waals surface area contributed by atoms with Crippen molar-refractivity contribution in [3.63, 3.8) is 0 Å². The molecule has 2 nitrogen and oxygen atoms in total. The van der Waals surface area contributed by atoms with Crippen LogP contribution in [0.5, 0.6) is 11.5 Å². The van der Waals surface area contributed by atoms with E-state index in [4.69, 9.17) is 9.47 Å². The first-order valence-electron chi connectivity index (χ1n) is 14.2. The van der Waals surface area contributed by atoms with Gasteiger partial charge in [-0.2, -0.15) is 0 Å². The zero-order valence-corrected chi connectivity index (χ0v) is 23.8. The van der Waals surface area contributed by atoms with Crippen molar-refractivity contribution in [1.29, 1.82) is 0 Å². The first kappa shape index (κ1) is 27.3. The first-order chi connectivity index (χ1) is 19.5. The molecule has 5 rings (SSSR count). The molecule has 0 aliphatic heterocycles. The van der Waals surface area contributed by atoms with Crippen molar-refractivity contribution in [3.05, 3.63) is 167 Å². The molecular formula is C38H38O2. The van der Waals surface area contributed by atoms with E-state index in [1.54, 1.807) is 0 Å². The van der Waals surface area contributed by atoms with E-state index in [9.17, 15) is 0 Å². The molecule has 2 unspecified atom stereocenters. The molecule has 202 valence electrons. The average molecular weight is 527 g/mol. The Balaban J connectivity index is 1.51. The van der Waals surface area contributed by atoms with Crippen LogP contribution in [-0.4, -0.2) is 0 Å². The molecule has 0 heterocycles. The van der Waals surface area contributed by atoms with Crippen LogP contribution in [0.4, 0.5) is 0 Å². The van der Waals surface area contributed by atoms with Crippen LogP contribution >= 0.6 is 0 Å². The van der Waals surface area contributed by atoms with Crippen molar-refractivity contribution in [2.24, 2.45) is 0 Å². The summed E-state index contributed by atoms with van der Waals surface area (Å²) in [5.74, 6) is 2.66. The summed E-state index contributed by atoms with van der Waals surface area (Å²) in [5.41, 5.74) is 6.97. The van der Waals surface area contributed by atoms with Crippen molar-refractivity contribution in [2.45, 2.75) is 51.7 Å². The average Bonchev–Trinajstić information content (AvgIpc) is 3.00. The van der Waals surface area contributed by atoms with E-state index < -0.39 is 0 Å². The topological polar surface area (TPSA) is 18.5 Å². The fourth-order valence-corrected chi connectivity index (χ4v) is 4.93. The van der Waals surface area contributed by atoms with Gasteiger partial charge in [-0.25, -0.2) is 0 Å². The molecule has 0 N–H and O–H groups in total. The summed E-state index contributed by atoms with van der Waals surface area (Å²) < 4.78 is 13.3. The molecule has 0 fully saturated rings. The Hall–Kier alpha value is -4.30. The Labute approximate surface area is 239 Å². The third-order valence-electron chi connectivity index (χ3n) is 7.32. The van der Waals surface area contributed by atoms with Gasteiger partial charge in [0.05, 0.1) is 0 Å². The number of rotatable bonds is 10. The van der Waals surface area contributed by atoms with E-state index in [0.717, 1.165) is 33.8 Å². The highest BCUT2D eigenvalue weighted by Crippen LogP contribution is 2.34. The monoisotopic (exact) mass is 526 g/mol. The van der Waals surface area contributed by atoms with Crippen LogP contribution in [0.3, 0.4) is 0 Å². The van der Waals surface area contributed by atoms with Crippen LogP contribution in [-0.2, 0) is 0 Å². The molecule has 0 bridgehead atoms. The van der Waals surface area contributed by atoms with Crippen molar-refractivity contribution in [3.8, 4) is 11.5 Å². The van der Waals surface area contributed by atoms with Crippen LogP contribution in [0.2, 0.25) is 0 Å². The van der Waals surface area contributed by atoms with E-state index in [0.29, 0.717) is 11.8 Å². The Morgan fingerprint density at radius 1 is 0.350 bits per heavy atom. The van der Waals surface area contributed by atoms with Gasteiger partial charge in [0, 0.05) is 0 Å². The van der Waals surface area contributed by atoms with Crippen molar-refractivity contribution >= 4 is 0 Å². The van der Waals surface area contributed by atoms with Gasteiger partial charge in [-0.1, -0.05) is 131 Å². The smallest absolute Gasteiger partial charge is 0.149 e. The minimum atomic E-state index is -0.257. The third-order valence-corrected chi connectivity index (χ3v) is 7.32. The van der Waals surface area contributed by atoms with E-state index >= 15 is 0 Å². The zero-order valence-electron chi connectivity index (χ0n) is 23.8. The molecule has 2 atom stereocenters. The largest absolute Gasteiger partial charge is 0.481 e. The molecule has 5 aromatic rings. The number of ether oxygens (including phenoxy) is 2. The molecule has 0 saturated carbocycles. The van der Waals surface area contributed by atoms with E-state index in [2.05, 4.69) is 149 Å². The quantitative estimate of drug-likeness (QED) is 0.180. The first-order valence-corrected chi connectivity index (χ1v) is 14.2. The summed E-state index contributed by atoms with van der Waals surface area (Å²) in [6.07, 6.45) is -0.513. The maximum absolute atomic E-state index is 6.67. The standard InChI is InChI=1S/C38H38O2/c1-27(2)29-18-22-35(23-19-29)39-37(31-12-7-5-8-13-31)33-16-11-17-34(26-33)38(32-14-9-6-10-15-32)40-36-24-20-30(21-25-36)28(3)4/h5-28,37-38H,1-4H3. The van der Waals surface area contributed by atoms with Gasteiger partial charge >= 0.3 is 0 Å². The lowest BCUT2D eigenvalue weighted by molar-refractivity contribution is 0.240. The lowest BCUT2D eigenvalue weighted by Crippen LogP contribution is -2.13. The summed E-state index contributed by atoms with van der Waals surface area (Å²) in [6.45, 7) is 8.83. The van der Waals surface area contributed by atoms with Crippen LogP contribution in [0, 0.1) is 0 Å². The molecular weight excluding hydrogens is 488 g/mol. The maximum Gasteiger partial charge on any atom is 0.149 e. The lowest BCUT2D eigenvalue weighted by atomic mass is 9.95. The maximum atomic E-state index is 6.67. The molecule has 2 heteroatoms. The predicted molar refractivity (Wildman–Crippen MR) is 165 cm³/mol. The van der Waals surface area contributed by atoms with Gasteiger partial charge in [0.15, 0.2) is 0 Å². The van der Waals surface area contributed by atoms with Gasteiger partial charge in [0.1, 0.15) is 23.7 Å². The third kappa shape index (κ3) is 6.63. The molecule has 40 heavy (non-hydrogen) atoms. The second-order valence-electron chi connectivity index (χ2n) is 10.9. The molecule has 0 aromatic heterocycles. The SMILES string of the molecule is CC(C)c1ccc(OC(c2ccccc2)c2cccc(C(Oc3ccc(C(C)C)cc3)c3ccccc3)c2)cc1. The van der Waals surface area contributed by atoms with Crippen molar-refractivity contribution in [1.82, 2.24) is 0 Å². The van der Waals surface area contributed by atoms with Gasteiger partial charge in [0.25, 0.3) is 0 Å². The molecule has 0 aliphatic rings. The minimum absolute atomic E-state index is 0.257. The number of hydrogen-bond donors (Lipinski definition) is 0. The summed E-state index contributed by atoms with van der Waals surface area (Å²) in [6, 6.07) is 46.4. The molecule has 0 radical (unpaired) electrons. The Morgan fingerprint density at radius 3 is 1.05 bits per heavy atom. The summed E-state index contributed by atoms with van der Waals surface area (Å²) in [5, 5.41) is 0. The van der Waals surface area contributed by atoms with E-state index in [-0.39, 0.29) is 12.2 Å². The molecule has 5 aromatic carbocycles.